The number of carboxylic acids is 1. The molecule has 0 saturated carbocycles. The molecule has 21 heavy (non-hydrogen) atoms. The van der Waals surface area contributed by atoms with E-state index in [0.717, 1.165) is 49.9 Å². The number of hydrogen-bond donors (Lipinski definition) is 2. The van der Waals surface area contributed by atoms with Gasteiger partial charge in [-0.05, 0) is 49.9 Å². The molecule has 1 saturated heterocycles. The van der Waals surface area contributed by atoms with Crippen molar-refractivity contribution in [1.82, 2.24) is 5.32 Å². The Morgan fingerprint density at radius 2 is 2.10 bits per heavy atom. The Bertz CT molecular complexity index is 565. The second kappa shape index (κ2) is 5.85. The van der Waals surface area contributed by atoms with E-state index in [4.69, 9.17) is 0 Å². The van der Waals surface area contributed by atoms with Gasteiger partial charge in [-0.3, -0.25) is 4.79 Å². The Kier molecular flexibility index (Phi) is 3.92. The summed E-state index contributed by atoms with van der Waals surface area (Å²) in [6.07, 6.45) is 4.58. The van der Waals surface area contributed by atoms with Gasteiger partial charge in [-0.2, -0.15) is 0 Å². The lowest BCUT2D eigenvalue weighted by Crippen LogP contribution is -2.50. The Labute approximate surface area is 123 Å². The largest absolute Gasteiger partial charge is 0.478 e. The van der Waals surface area contributed by atoms with Crippen molar-refractivity contribution in [2.75, 3.05) is 18.0 Å². The number of anilines is 1. The van der Waals surface area contributed by atoms with Gasteiger partial charge >= 0.3 is 5.97 Å². The topological polar surface area (TPSA) is 69.6 Å². The van der Waals surface area contributed by atoms with E-state index in [1.54, 1.807) is 17.0 Å². The minimum absolute atomic E-state index is 0.0817. The minimum atomic E-state index is -0.919. The molecular weight excluding hydrogens is 268 g/mol. The third-order valence-electron chi connectivity index (χ3n) is 4.36. The molecule has 2 aliphatic heterocycles. The summed E-state index contributed by atoms with van der Waals surface area (Å²) in [5.41, 5.74) is 1.89. The summed E-state index contributed by atoms with van der Waals surface area (Å²) in [7, 11) is 0. The number of carbonyl (C=O) groups excluding carboxylic acids is 1. The summed E-state index contributed by atoms with van der Waals surface area (Å²) >= 11 is 0. The average Bonchev–Trinajstić information content (AvgIpc) is 2.53. The van der Waals surface area contributed by atoms with Crippen molar-refractivity contribution >= 4 is 17.6 Å². The second-order valence-electron chi connectivity index (χ2n) is 5.70. The van der Waals surface area contributed by atoms with Crippen LogP contribution in [0.15, 0.2) is 18.2 Å². The number of aromatic carboxylic acids is 1. The summed E-state index contributed by atoms with van der Waals surface area (Å²) in [6.45, 7) is 1.55. The van der Waals surface area contributed by atoms with Gasteiger partial charge in [0.15, 0.2) is 0 Å². The molecule has 3 rings (SSSR count). The quantitative estimate of drug-likeness (QED) is 0.870. The highest BCUT2D eigenvalue weighted by Gasteiger charge is 2.30. The van der Waals surface area contributed by atoms with Gasteiger partial charge in [-0.1, -0.05) is 12.5 Å². The number of nitrogens with zero attached hydrogens (tertiary/aromatic N) is 1. The number of piperidine rings is 1. The number of carbonyl (C=O) groups is 2. The lowest BCUT2D eigenvalue weighted by atomic mass is 9.95. The Hall–Kier alpha value is -1.88. The maximum atomic E-state index is 12.7. The number of amides is 1. The summed E-state index contributed by atoms with van der Waals surface area (Å²) < 4.78 is 0. The Morgan fingerprint density at radius 3 is 2.81 bits per heavy atom. The molecule has 2 heterocycles. The van der Waals surface area contributed by atoms with Crippen LogP contribution < -0.4 is 10.2 Å². The van der Waals surface area contributed by atoms with Gasteiger partial charge < -0.3 is 15.3 Å². The van der Waals surface area contributed by atoms with Crippen molar-refractivity contribution in [2.24, 2.45) is 0 Å². The van der Waals surface area contributed by atoms with Crippen LogP contribution in [0.5, 0.6) is 0 Å². The molecular formula is C16H20N2O3. The van der Waals surface area contributed by atoms with E-state index in [9.17, 15) is 14.7 Å². The number of rotatable bonds is 2. The van der Waals surface area contributed by atoms with Crippen molar-refractivity contribution in [3.05, 3.63) is 29.3 Å². The average molecular weight is 288 g/mol. The van der Waals surface area contributed by atoms with E-state index in [-0.39, 0.29) is 11.9 Å². The minimum Gasteiger partial charge on any atom is -0.478 e. The van der Waals surface area contributed by atoms with E-state index < -0.39 is 5.97 Å². The standard InChI is InChI=1S/C16H20N2O3/c19-15(13-7-1-2-9-17-13)18-10-4-6-11-12(16(20)21)5-3-8-14(11)18/h3,5,8,13,17H,1-2,4,6-7,9-10H2,(H,20,21)/t13-/m1/s1. The van der Waals surface area contributed by atoms with Crippen LogP contribution in [0.4, 0.5) is 5.69 Å². The summed E-state index contributed by atoms with van der Waals surface area (Å²) in [4.78, 5) is 25.8. The van der Waals surface area contributed by atoms with Crippen molar-refractivity contribution in [1.29, 1.82) is 0 Å². The lowest BCUT2D eigenvalue weighted by molar-refractivity contribution is -0.121. The van der Waals surface area contributed by atoms with Crippen LogP contribution in [-0.4, -0.2) is 36.1 Å². The van der Waals surface area contributed by atoms with Crippen molar-refractivity contribution in [3.63, 3.8) is 0 Å². The molecule has 1 atom stereocenters. The first kappa shape index (κ1) is 14.1. The van der Waals surface area contributed by atoms with Gasteiger partial charge in [0, 0.05) is 12.2 Å². The predicted octanol–water partition coefficient (Wildman–Crippen LogP) is 1.81. The fourth-order valence-corrected chi connectivity index (χ4v) is 3.30. The van der Waals surface area contributed by atoms with Gasteiger partial charge in [-0.25, -0.2) is 4.79 Å². The van der Waals surface area contributed by atoms with Crippen LogP contribution >= 0.6 is 0 Å². The zero-order chi connectivity index (χ0) is 14.8. The van der Waals surface area contributed by atoms with Gasteiger partial charge in [0.25, 0.3) is 0 Å². The zero-order valence-corrected chi connectivity index (χ0v) is 12.0. The fraction of sp³-hybridized carbons (Fsp3) is 0.500. The second-order valence-corrected chi connectivity index (χ2v) is 5.70. The van der Waals surface area contributed by atoms with E-state index in [2.05, 4.69) is 5.32 Å². The number of fused-ring (bicyclic) bond motifs is 1. The van der Waals surface area contributed by atoms with Crippen molar-refractivity contribution in [2.45, 2.75) is 38.1 Å². The molecule has 1 aromatic carbocycles. The molecule has 0 spiro atoms. The highest BCUT2D eigenvalue weighted by atomic mass is 16.4. The number of nitrogens with one attached hydrogen (secondary N) is 1. The van der Waals surface area contributed by atoms with Crippen LogP contribution in [0.1, 0.15) is 41.6 Å². The van der Waals surface area contributed by atoms with Crippen LogP contribution in [0, 0.1) is 0 Å². The van der Waals surface area contributed by atoms with Crippen LogP contribution in [0.2, 0.25) is 0 Å². The monoisotopic (exact) mass is 288 g/mol. The van der Waals surface area contributed by atoms with Crippen LogP contribution in [0.25, 0.3) is 0 Å². The van der Waals surface area contributed by atoms with E-state index in [1.165, 1.54) is 0 Å². The van der Waals surface area contributed by atoms with Crippen LogP contribution in [0.3, 0.4) is 0 Å². The summed E-state index contributed by atoms with van der Waals surface area (Å²) in [6, 6.07) is 5.08. The van der Waals surface area contributed by atoms with E-state index in [1.807, 2.05) is 6.07 Å². The maximum absolute atomic E-state index is 12.7. The third kappa shape index (κ3) is 2.65. The van der Waals surface area contributed by atoms with Crippen molar-refractivity contribution in [3.8, 4) is 0 Å². The molecule has 0 unspecified atom stereocenters. The highest BCUT2D eigenvalue weighted by Crippen LogP contribution is 2.31. The third-order valence-corrected chi connectivity index (χ3v) is 4.36. The molecule has 112 valence electrons. The number of carboxylic acid groups (broad SMARTS) is 1. The molecule has 1 aromatic rings. The zero-order valence-electron chi connectivity index (χ0n) is 12.0. The number of benzene rings is 1. The number of hydrogen-bond acceptors (Lipinski definition) is 3. The van der Waals surface area contributed by atoms with Gasteiger partial charge in [-0.15, -0.1) is 0 Å². The molecule has 5 nitrogen and oxygen atoms in total. The molecule has 0 bridgehead atoms. The smallest absolute Gasteiger partial charge is 0.336 e. The summed E-state index contributed by atoms with van der Waals surface area (Å²) in [5.74, 6) is -0.838. The highest BCUT2D eigenvalue weighted by molar-refractivity contribution is 6.00. The molecule has 5 heteroatoms. The Morgan fingerprint density at radius 1 is 1.24 bits per heavy atom. The first-order chi connectivity index (χ1) is 10.2. The molecule has 0 radical (unpaired) electrons. The lowest BCUT2D eigenvalue weighted by Gasteiger charge is -2.34. The molecule has 1 fully saturated rings. The van der Waals surface area contributed by atoms with E-state index >= 15 is 0 Å². The normalized spacial score (nSPS) is 21.7. The Balaban J connectivity index is 1.91. The van der Waals surface area contributed by atoms with Crippen molar-refractivity contribution < 1.29 is 14.7 Å². The predicted molar refractivity (Wildman–Crippen MR) is 79.7 cm³/mol. The molecule has 0 aliphatic carbocycles. The molecule has 0 aromatic heterocycles. The van der Waals surface area contributed by atoms with Gasteiger partial charge in [0.2, 0.25) is 5.91 Å². The first-order valence-electron chi connectivity index (χ1n) is 7.58. The van der Waals surface area contributed by atoms with E-state index in [0.29, 0.717) is 12.1 Å². The molecule has 2 aliphatic rings. The van der Waals surface area contributed by atoms with Gasteiger partial charge in [0.05, 0.1) is 11.6 Å². The fourth-order valence-electron chi connectivity index (χ4n) is 3.30. The maximum Gasteiger partial charge on any atom is 0.336 e. The molecule has 1 amide bonds. The SMILES string of the molecule is O=C(O)c1cccc2c1CCCN2C(=O)[C@H]1CCCCN1. The molecule has 2 N–H and O–H groups in total. The van der Waals surface area contributed by atoms with Crippen LogP contribution in [-0.2, 0) is 11.2 Å². The van der Waals surface area contributed by atoms with Gasteiger partial charge in [0.1, 0.15) is 0 Å². The summed E-state index contributed by atoms with van der Waals surface area (Å²) in [5, 5.41) is 12.6. The first-order valence-corrected chi connectivity index (χ1v) is 7.58.